The molecule has 0 radical (unpaired) electrons. The van der Waals surface area contributed by atoms with Gasteiger partial charge in [0.15, 0.2) is 5.96 Å². The number of carbonyl (C=O) groups is 1. The third kappa shape index (κ3) is 8.60. The van der Waals surface area contributed by atoms with Crippen LogP contribution in [0.1, 0.15) is 17.8 Å². The lowest BCUT2D eigenvalue weighted by Crippen LogP contribution is -2.49. The van der Waals surface area contributed by atoms with Crippen LogP contribution < -0.4 is 16.0 Å². The van der Waals surface area contributed by atoms with Crippen LogP contribution >= 0.6 is 35.3 Å². The molecule has 2 atom stereocenters. The average molecular weight is 525 g/mol. The van der Waals surface area contributed by atoms with Crippen molar-refractivity contribution >= 4 is 47.2 Å². The summed E-state index contributed by atoms with van der Waals surface area (Å²) in [7, 11) is 3.31. The van der Waals surface area contributed by atoms with Crippen LogP contribution in [0.5, 0.6) is 0 Å². The van der Waals surface area contributed by atoms with E-state index in [2.05, 4.69) is 50.3 Å². The summed E-state index contributed by atoms with van der Waals surface area (Å²) in [6, 6.07) is 4.48. The molecule has 8 nitrogen and oxygen atoms in total. The first-order valence-corrected chi connectivity index (χ1v) is 10.1. The Balaban J connectivity index is 0.00000392. The van der Waals surface area contributed by atoms with Crippen molar-refractivity contribution in [1.29, 1.82) is 0 Å². The molecule has 1 aromatic heterocycles. The molecule has 28 heavy (non-hydrogen) atoms. The van der Waals surface area contributed by atoms with Crippen LogP contribution in [0, 0.1) is 0 Å². The van der Waals surface area contributed by atoms with Crippen molar-refractivity contribution in [2.45, 2.75) is 19.1 Å². The summed E-state index contributed by atoms with van der Waals surface area (Å²) in [6.45, 7) is 6.53. The zero-order valence-electron chi connectivity index (χ0n) is 16.8. The third-order valence-corrected chi connectivity index (χ3v) is 5.29. The van der Waals surface area contributed by atoms with Crippen LogP contribution in [-0.4, -0.2) is 83.0 Å². The molecule has 1 saturated heterocycles. The van der Waals surface area contributed by atoms with Gasteiger partial charge in [0, 0.05) is 45.2 Å². The van der Waals surface area contributed by atoms with Gasteiger partial charge in [-0.05, 0) is 18.4 Å². The Morgan fingerprint density at radius 3 is 2.93 bits per heavy atom. The van der Waals surface area contributed by atoms with Crippen molar-refractivity contribution in [3.8, 4) is 0 Å². The Bertz CT molecular complexity index is 588. The molecular weight excluding hydrogens is 493 g/mol. The number of nitrogens with one attached hydrogen (secondary N) is 3. The summed E-state index contributed by atoms with van der Waals surface area (Å²) < 4.78 is 10.6. The maximum Gasteiger partial charge on any atom is 0.239 e. The van der Waals surface area contributed by atoms with Crippen molar-refractivity contribution in [2.24, 2.45) is 4.99 Å². The highest BCUT2D eigenvalue weighted by atomic mass is 127. The minimum absolute atomic E-state index is 0. The minimum Gasteiger partial charge on any atom is -0.383 e. The molecular formula is C18H32IN5O3S. The minimum atomic E-state index is -0.0909. The Hall–Kier alpha value is -0.950. The number of methoxy groups -OCH3 is 1. The van der Waals surface area contributed by atoms with Crippen LogP contribution in [-0.2, 0) is 14.3 Å². The maximum absolute atomic E-state index is 11.8. The first-order chi connectivity index (χ1) is 13.1. The Kier molecular flexibility index (Phi) is 12.6. The standard InChI is InChI=1S/C18H31N5O3S.HI/c1-14-13-23(7-9-26-14)15(16-5-4-10-27-16)11-21-18(19-2)22-12-17(24)20-6-8-25-3;/h4-5,10,14-15H,6-9,11-13H2,1-3H3,(H,20,24)(H2,19,21,22);1H. The van der Waals surface area contributed by atoms with Crippen LogP contribution in [0.15, 0.2) is 22.5 Å². The van der Waals surface area contributed by atoms with E-state index in [1.807, 2.05) is 0 Å². The van der Waals surface area contributed by atoms with Gasteiger partial charge in [0.25, 0.3) is 0 Å². The van der Waals surface area contributed by atoms with Gasteiger partial charge in [0.2, 0.25) is 5.91 Å². The highest BCUT2D eigenvalue weighted by molar-refractivity contribution is 14.0. The first-order valence-electron chi connectivity index (χ1n) is 9.23. The van der Waals surface area contributed by atoms with E-state index in [-0.39, 0.29) is 48.6 Å². The van der Waals surface area contributed by atoms with Gasteiger partial charge < -0.3 is 25.4 Å². The molecule has 0 aliphatic carbocycles. The number of nitrogens with zero attached hydrogens (tertiary/aromatic N) is 2. The van der Waals surface area contributed by atoms with E-state index in [9.17, 15) is 4.79 Å². The van der Waals surface area contributed by atoms with Crippen molar-refractivity contribution in [2.75, 3.05) is 60.1 Å². The Labute approximate surface area is 188 Å². The highest BCUT2D eigenvalue weighted by Gasteiger charge is 2.26. The van der Waals surface area contributed by atoms with Gasteiger partial charge in [0.1, 0.15) is 0 Å². The molecule has 1 aliphatic rings. The molecule has 10 heteroatoms. The molecule has 2 unspecified atom stereocenters. The smallest absolute Gasteiger partial charge is 0.239 e. The first kappa shape index (κ1) is 25.1. The van der Waals surface area contributed by atoms with Gasteiger partial charge in [0.05, 0.1) is 31.9 Å². The number of guanidine groups is 1. The highest BCUT2D eigenvalue weighted by Crippen LogP contribution is 2.26. The number of hydrogen-bond donors (Lipinski definition) is 3. The molecule has 160 valence electrons. The molecule has 0 saturated carbocycles. The fraction of sp³-hybridized carbons (Fsp3) is 0.667. The van der Waals surface area contributed by atoms with E-state index in [0.29, 0.717) is 25.7 Å². The monoisotopic (exact) mass is 525 g/mol. The van der Waals surface area contributed by atoms with Crippen molar-refractivity contribution in [3.63, 3.8) is 0 Å². The molecule has 1 aromatic rings. The van der Waals surface area contributed by atoms with E-state index in [4.69, 9.17) is 9.47 Å². The molecule has 0 bridgehead atoms. The molecule has 3 N–H and O–H groups in total. The largest absolute Gasteiger partial charge is 0.383 e. The number of thiophene rings is 1. The molecule has 1 aliphatic heterocycles. The van der Waals surface area contributed by atoms with Crippen LogP contribution in [0.2, 0.25) is 0 Å². The third-order valence-electron chi connectivity index (χ3n) is 4.32. The lowest BCUT2D eigenvalue weighted by molar-refractivity contribution is -0.120. The second-order valence-corrected chi connectivity index (χ2v) is 7.34. The predicted octanol–water partition coefficient (Wildman–Crippen LogP) is 1.06. The topological polar surface area (TPSA) is 87.2 Å². The zero-order chi connectivity index (χ0) is 19.5. The number of aliphatic imine (C=N–C) groups is 1. The van der Waals surface area contributed by atoms with E-state index in [1.165, 1.54) is 4.88 Å². The number of morpholine rings is 1. The number of ether oxygens (including phenoxy) is 2. The summed E-state index contributed by atoms with van der Waals surface area (Å²) >= 11 is 1.76. The van der Waals surface area contributed by atoms with Gasteiger partial charge in [-0.25, -0.2) is 0 Å². The number of amides is 1. The molecule has 0 aromatic carbocycles. The van der Waals surface area contributed by atoms with Crippen molar-refractivity contribution in [1.82, 2.24) is 20.9 Å². The second kappa shape index (κ2) is 14.1. The summed E-state index contributed by atoms with van der Waals surface area (Å²) in [5, 5.41) is 11.3. The van der Waals surface area contributed by atoms with Crippen LogP contribution in [0.4, 0.5) is 0 Å². The molecule has 2 heterocycles. The van der Waals surface area contributed by atoms with E-state index in [1.54, 1.807) is 25.5 Å². The molecule has 1 amide bonds. The van der Waals surface area contributed by atoms with Gasteiger partial charge >= 0.3 is 0 Å². The number of hydrogen-bond acceptors (Lipinski definition) is 6. The molecule has 1 fully saturated rings. The fourth-order valence-corrected chi connectivity index (χ4v) is 3.81. The zero-order valence-corrected chi connectivity index (χ0v) is 19.9. The number of carbonyl (C=O) groups excluding carboxylic acids is 1. The Morgan fingerprint density at radius 2 is 2.29 bits per heavy atom. The normalized spacial score (nSPS) is 18.8. The summed E-state index contributed by atoms with van der Waals surface area (Å²) in [5.74, 6) is 0.520. The predicted molar refractivity (Wildman–Crippen MR) is 124 cm³/mol. The van der Waals surface area contributed by atoms with Gasteiger partial charge in [-0.1, -0.05) is 6.07 Å². The number of halogens is 1. The summed E-state index contributed by atoms with van der Waals surface area (Å²) in [6.07, 6.45) is 0.231. The van der Waals surface area contributed by atoms with Gasteiger partial charge in [-0.3, -0.25) is 14.7 Å². The second-order valence-electron chi connectivity index (χ2n) is 6.36. The van der Waals surface area contributed by atoms with E-state index < -0.39 is 0 Å². The van der Waals surface area contributed by atoms with Crippen molar-refractivity contribution in [3.05, 3.63) is 22.4 Å². The average Bonchev–Trinajstić information content (AvgIpc) is 3.19. The summed E-state index contributed by atoms with van der Waals surface area (Å²) in [5.41, 5.74) is 0. The molecule has 0 spiro atoms. The van der Waals surface area contributed by atoms with Crippen molar-refractivity contribution < 1.29 is 14.3 Å². The molecule has 2 rings (SSSR count). The van der Waals surface area contributed by atoms with Gasteiger partial charge in [-0.15, -0.1) is 35.3 Å². The fourth-order valence-electron chi connectivity index (χ4n) is 2.95. The Morgan fingerprint density at radius 1 is 1.46 bits per heavy atom. The van der Waals surface area contributed by atoms with Crippen LogP contribution in [0.3, 0.4) is 0 Å². The van der Waals surface area contributed by atoms with E-state index >= 15 is 0 Å². The lowest BCUT2D eigenvalue weighted by atomic mass is 10.1. The maximum atomic E-state index is 11.8. The number of rotatable bonds is 9. The van der Waals surface area contributed by atoms with Crippen LogP contribution in [0.25, 0.3) is 0 Å². The van der Waals surface area contributed by atoms with E-state index in [0.717, 1.165) is 19.7 Å². The SMILES string of the molecule is CN=C(NCC(=O)NCCOC)NCC(c1cccs1)N1CCOC(C)C1.I. The quantitative estimate of drug-likeness (QED) is 0.194. The van der Waals surface area contributed by atoms with Gasteiger partial charge in [-0.2, -0.15) is 0 Å². The lowest BCUT2D eigenvalue weighted by Gasteiger charge is -2.37. The summed E-state index contributed by atoms with van der Waals surface area (Å²) in [4.78, 5) is 19.8.